The van der Waals surface area contributed by atoms with Crippen LogP contribution in [0.3, 0.4) is 0 Å². The van der Waals surface area contributed by atoms with Crippen LogP contribution in [0, 0.1) is 5.92 Å². The van der Waals surface area contributed by atoms with Gasteiger partial charge in [0.15, 0.2) is 11.7 Å². The van der Waals surface area contributed by atoms with Gasteiger partial charge in [0.25, 0.3) is 0 Å². The molecule has 162 valence electrons. The van der Waals surface area contributed by atoms with Gasteiger partial charge in [-0.15, -0.1) is 29.1 Å². The molecule has 1 atom stereocenters. The highest BCUT2D eigenvalue weighted by molar-refractivity contribution is 14.0. The first-order chi connectivity index (χ1) is 13.7. The molecular weight excluding hydrogens is 485 g/mol. The average molecular weight is 517 g/mol. The minimum absolute atomic E-state index is 0. The van der Waals surface area contributed by atoms with Crippen molar-refractivity contribution in [2.75, 3.05) is 39.4 Å². The lowest BCUT2D eigenvalue weighted by molar-refractivity contribution is 0.00752. The Morgan fingerprint density at radius 3 is 2.76 bits per heavy atom. The van der Waals surface area contributed by atoms with Gasteiger partial charge in [-0.25, -0.2) is 9.98 Å². The van der Waals surface area contributed by atoms with E-state index in [0.29, 0.717) is 35.9 Å². The quantitative estimate of drug-likeness (QED) is 0.280. The Morgan fingerprint density at radius 1 is 1.31 bits per heavy atom. The molecule has 3 N–H and O–H groups in total. The molecule has 3 rings (SSSR count). The van der Waals surface area contributed by atoms with Crippen LogP contribution in [-0.2, 0) is 11.3 Å². The van der Waals surface area contributed by atoms with Gasteiger partial charge in [-0.1, -0.05) is 13.8 Å². The highest BCUT2D eigenvalue weighted by Crippen LogP contribution is 2.15. The maximum absolute atomic E-state index is 5.49. The van der Waals surface area contributed by atoms with Crippen LogP contribution in [0.4, 0.5) is 0 Å². The number of rotatable bonds is 8. The summed E-state index contributed by atoms with van der Waals surface area (Å²) in [6.45, 7) is 12.2. The van der Waals surface area contributed by atoms with Crippen LogP contribution < -0.4 is 10.6 Å². The normalized spacial score (nSPS) is 16.5. The van der Waals surface area contributed by atoms with E-state index in [2.05, 4.69) is 56.5 Å². The molecule has 0 aromatic carbocycles. The number of aromatic nitrogens is 3. The maximum Gasteiger partial charge on any atom is 0.216 e. The van der Waals surface area contributed by atoms with E-state index in [0.717, 1.165) is 45.4 Å². The summed E-state index contributed by atoms with van der Waals surface area (Å²) >= 11 is 0. The van der Waals surface area contributed by atoms with Crippen LogP contribution in [0.2, 0.25) is 0 Å². The average Bonchev–Trinajstić information content (AvgIpc) is 3.38. The number of guanidine groups is 1. The van der Waals surface area contributed by atoms with Crippen molar-refractivity contribution in [3.05, 3.63) is 24.2 Å². The minimum atomic E-state index is 0. The first kappa shape index (κ1) is 23.6. The largest absolute Gasteiger partial charge is 0.461 e. The highest BCUT2D eigenvalue weighted by Gasteiger charge is 2.23. The topological polar surface area (TPSA) is 104 Å². The van der Waals surface area contributed by atoms with Crippen LogP contribution in [0.25, 0.3) is 11.6 Å². The Hall–Kier alpha value is -1.66. The van der Waals surface area contributed by atoms with Crippen molar-refractivity contribution in [2.24, 2.45) is 10.9 Å². The van der Waals surface area contributed by atoms with Crippen molar-refractivity contribution < 1.29 is 9.15 Å². The molecule has 0 aliphatic carbocycles. The second-order valence-electron chi connectivity index (χ2n) is 7.12. The van der Waals surface area contributed by atoms with E-state index in [1.807, 2.05) is 12.1 Å². The van der Waals surface area contributed by atoms with Crippen LogP contribution >= 0.6 is 24.0 Å². The van der Waals surface area contributed by atoms with Gasteiger partial charge in [-0.3, -0.25) is 10.00 Å². The summed E-state index contributed by atoms with van der Waals surface area (Å²) in [5.74, 6) is 3.19. The molecule has 1 aliphatic rings. The predicted octanol–water partition coefficient (Wildman–Crippen LogP) is 2.09. The standard InChI is InChI=1S/C19H31N7O2.HI/c1-4-20-19(21-12-15(14(2)3)26-7-10-27-11-8-26)22-13-17-23-18(25-24-17)16-6-5-9-28-16;/h5-6,9,14-15H,4,7-8,10-13H2,1-3H3,(H2,20,21,22)(H,23,24,25);1H. The number of hydrogen-bond acceptors (Lipinski definition) is 6. The fourth-order valence-electron chi connectivity index (χ4n) is 3.27. The molecule has 0 saturated carbocycles. The van der Waals surface area contributed by atoms with Crippen LogP contribution in [0.5, 0.6) is 0 Å². The predicted molar refractivity (Wildman–Crippen MR) is 123 cm³/mol. The molecule has 2 aromatic heterocycles. The lowest BCUT2D eigenvalue weighted by atomic mass is 10.0. The van der Waals surface area contributed by atoms with Gasteiger partial charge in [0, 0.05) is 32.2 Å². The third-order valence-corrected chi connectivity index (χ3v) is 4.77. The zero-order valence-corrected chi connectivity index (χ0v) is 19.7. The molecule has 0 radical (unpaired) electrons. The van der Waals surface area contributed by atoms with E-state index < -0.39 is 0 Å². The summed E-state index contributed by atoms with van der Waals surface area (Å²) in [6.07, 6.45) is 1.61. The first-order valence-electron chi connectivity index (χ1n) is 9.96. The molecule has 0 bridgehead atoms. The van der Waals surface area contributed by atoms with Gasteiger partial charge >= 0.3 is 0 Å². The monoisotopic (exact) mass is 517 g/mol. The van der Waals surface area contributed by atoms with Crippen molar-refractivity contribution in [2.45, 2.75) is 33.4 Å². The Labute approximate surface area is 189 Å². The molecule has 2 aromatic rings. The van der Waals surface area contributed by atoms with Gasteiger partial charge in [0.2, 0.25) is 5.82 Å². The van der Waals surface area contributed by atoms with E-state index >= 15 is 0 Å². The number of H-pyrrole nitrogens is 1. The summed E-state index contributed by atoms with van der Waals surface area (Å²) in [5.41, 5.74) is 0. The lowest BCUT2D eigenvalue weighted by Crippen LogP contribution is -2.52. The third-order valence-electron chi connectivity index (χ3n) is 4.77. The molecule has 10 heteroatoms. The molecule has 0 spiro atoms. The third kappa shape index (κ3) is 6.96. The molecule has 3 heterocycles. The van der Waals surface area contributed by atoms with Crippen molar-refractivity contribution >= 4 is 29.9 Å². The Morgan fingerprint density at radius 2 is 2.10 bits per heavy atom. The number of hydrogen-bond donors (Lipinski definition) is 3. The fraction of sp³-hybridized carbons (Fsp3) is 0.632. The number of aromatic amines is 1. The highest BCUT2D eigenvalue weighted by atomic mass is 127. The summed E-state index contributed by atoms with van der Waals surface area (Å²) in [4.78, 5) is 11.6. The summed E-state index contributed by atoms with van der Waals surface area (Å²) in [7, 11) is 0. The number of furan rings is 1. The van der Waals surface area contributed by atoms with Crippen molar-refractivity contribution in [1.29, 1.82) is 0 Å². The van der Waals surface area contributed by atoms with Crippen molar-refractivity contribution in [3.63, 3.8) is 0 Å². The van der Waals surface area contributed by atoms with Crippen molar-refractivity contribution in [1.82, 2.24) is 30.7 Å². The molecule has 29 heavy (non-hydrogen) atoms. The number of aliphatic imine (C=N–C) groups is 1. The number of nitrogens with zero attached hydrogens (tertiary/aromatic N) is 4. The summed E-state index contributed by atoms with van der Waals surface area (Å²) in [5, 5.41) is 13.9. The second kappa shape index (κ2) is 12.1. The number of morpholine rings is 1. The summed E-state index contributed by atoms with van der Waals surface area (Å²) in [6, 6.07) is 4.08. The fourth-order valence-corrected chi connectivity index (χ4v) is 3.27. The van der Waals surface area contributed by atoms with Gasteiger partial charge < -0.3 is 19.8 Å². The van der Waals surface area contributed by atoms with E-state index in [4.69, 9.17) is 9.15 Å². The van der Waals surface area contributed by atoms with Gasteiger partial charge in [-0.2, -0.15) is 0 Å². The zero-order valence-electron chi connectivity index (χ0n) is 17.4. The number of nitrogens with one attached hydrogen (secondary N) is 3. The van der Waals surface area contributed by atoms with Gasteiger partial charge in [0.1, 0.15) is 12.4 Å². The molecule has 1 saturated heterocycles. The number of ether oxygens (including phenoxy) is 1. The molecule has 1 fully saturated rings. The van der Waals surface area contributed by atoms with Gasteiger partial charge in [0.05, 0.1) is 19.5 Å². The number of halogens is 1. The molecule has 1 aliphatic heterocycles. The molecule has 1 unspecified atom stereocenters. The lowest BCUT2D eigenvalue weighted by Gasteiger charge is -2.37. The molecule has 0 amide bonds. The second-order valence-corrected chi connectivity index (χ2v) is 7.12. The van der Waals surface area contributed by atoms with Gasteiger partial charge in [-0.05, 0) is 25.0 Å². The van der Waals surface area contributed by atoms with Crippen molar-refractivity contribution in [3.8, 4) is 11.6 Å². The minimum Gasteiger partial charge on any atom is -0.461 e. The SMILES string of the molecule is CCNC(=NCc1nc(-c2ccco2)n[nH]1)NCC(C(C)C)N1CCOCC1.I. The van der Waals surface area contributed by atoms with E-state index in [1.165, 1.54) is 0 Å². The van der Waals surface area contributed by atoms with Crippen LogP contribution in [-0.4, -0.2) is 71.5 Å². The van der Waals surface area contributed by atoms with E-state index in [1.54, 1.807) is 6.26 Å². The Kier molecular flexibility index (Phi) is 9.88. The van der Waals surface area contributed by atoms with Crippen LogP contribution in [0.15, 0.2) is 27.8 Å². The zero-order chi connectivity index (χ0) is 19.8. The smallest absolute Gasteiger partial charge is 0.216 e. The molecule has 9 nitrogen and oxygen atoms in total. The Balaban J connectivity index is 0.00000300. The van der Waals surface area contributed by atoms with E-state index in [-0.39, 0.29) is 24.0 Å². The maximum atomic E-state index is 5.49. The first-order valence-corrected chi connectivity index (χ1v) is 9.96. The van der Waals surface area contributed by atoms with E-state index in [9.17, 15) is 0 Å². The summed E-state index contributed by atoms with van der Waals surface area (Å²) < 4.78 is 10.8. The van der Waals surface area contributed by atoms with Crippen LogP contribution in [0.1, 0.15) is 26.6 Å². The molecular formula is C19H32IN7O2. The Bertz CT molecular complexity index is 727.